The molecule has 2 aromatic carbocycles. The van der Waals surface area contributed by atoms with Gasteiger partial charge in [0.05, 0.1) is 0 Å². The van der Waals surface area contributed by atoms with E-state index in [2.05, 4.69) is 49.1 Å². The summed E-state index contributed by atoms with van der Waals surface area (Å²) in [6, 6.07) is 17.4. The first-order valence-electron chi connectivity index (χ1n) is 8.98. The number of likely N-dealkylation sites (tertiary alicyclic amines) is 1. The maximum atomic E-state index is 6.11. The van der Waals surface area contributed by atoms with Crippen molar-refractivity contribution in [2.45, 2.75) is 45.2 Å². The van der Waals surface area contributed by atoms with E-state index in [1.165, 1.54) is 24.8 Å². The first-order chi connectivity index (χ1) is 11.7. The topological polar surface area (TPSA) is 38.5 Å². The normalized spacial score (nSPS) is 19.9. The molecular weight excluding hydrogens is 296 g/mol. The summed E-state index contributed by atoms with van der Waals surface area (Å²) in [5.74, 6) is 1.78. The zero-order valence-electron chi connectivity index (χ0n) is 14.7. The molecule has 3 nitrogen and oxygen atoms in total. The van der Waals surface area contributed by atoms with Crippen molar-refractivity contribution in [3.05, 3.63) is 59.7 Å². The molecule has 1 aliphatic rings. The molecule has 0 aliphatic carbocycles. The van der Waals surface area contributed by atoms with Crippen LogP contribution in [0.2, 0.25) is 0 Å². The van der Waals surface area contributed by atoms with E-state index < -0.39 is 0 Å². The number of nitrogens with zero attached hydrogens (tertiary/aromatic N) is 1. The fourth-order valence-corrected chi connectivity index (χ4v) is 3.60. The highest BCUT2D eigenvalue weighted by atomic mass is 16.5. The van der Waals surface area contributed by atoms with E-state index in [9.17, 15) is 0 Å². The molecule has 128 valence electrons. The maximum Gasteiger partial charge on any atom is 0.130 e. The molecule has 0 aromatic heterocycles. The molecule has 1 aliphatic heterocycles. The van der Waals surface area contributed by atoms with E-state index in [1.807, 2.05) is 18.2 Å². The van der Waals surface area contributed by atoms with Crippen LogP contribution in [0, 0.1) is 6.92 Å². The van der Waals surface area contributed by atoms with Crippen LogP contribution in [0.3, 0.4) is 0 Å². The van der Waals surface area contributed by atoms with Crippen molar-refractivity contribution >= 4 is 0 Å². The predicted molar refractivity (Wildman–Crippen MR) is 99.5 cm³/mol. The third kappa shape index (κ3) is 3.80. The highest BCUT2D eigenvalue weighted by Crippen LogP contribution is 2.30. The van der Waals surface area contributed by atoms with Crippen LogP contribution in [0.5, 0.6) is 11.5 Å². The minimum Gasteiger partial charge on any atom is -0.457 e. The van der Waals surface area contributed by atoms with Crippen LogP contribution < -0.4 is 10.5 Å². The van der Waals surface area contributed by atoms with Gasteiger partial charge in [-0.05, 0) is 62.6 Å². The summed E-state index contributed by atoms with van der Waals surface area (Å²) in [6.45, 7) is 6.18. The van der Waals surface area contributed by atoms with Gasteiger partial charge in [-0.25, -0.2) is 0 Å². The number of ether oxygens (including phenoxy) is 1. The van der Waals surface area contributed by atoms with Crippen molar-refractivity contribution in [2.24, 2.45) is 5.73 Å². The van der Waals surface area contributed by atoms with Gasteiger partial charge in [-0.15, -0.1) is 0 Å². The lowest BCUT2D eigenvalue weighted by Crippen LogP contribution is -2.43. The van der Waals surface area contributed by atoms with Crippen molar-refractivity contribution in [1.29, 1.82) is 0 Å². The van der Waals surface area contributed by atoms with E-state index in [1.54, 1.807) is 0 Å². The van der Waals surface area contributed by atoms with Gasteiger partial charge < -0.3 is 10.5 Å². The van der Waals surface area contributed by atoms with Gasteiger partial charge in [0, 0.05) is 18.6 Å². The quantitative estimate of drug-likeness (QED) is 0.869. The average molecular weight is 324 g/mol. The standard InChI is InChI=1S/C21H28N2O/c1-16-7-3-4-9-21(16)24-19-12-10-18(11-13-19)20(15-22)23-14-6-5-8-17(23)2/h3-4,7,9-13,17,20H,5-6,8,14-15,22H2,1-2H3. The number of para-hydroxylation sites is 1. The number of aryl methyl sites for hydroxylation is 1. The van der Waals surface area contributed by atoms with Crippen LogP contribution in [0.1, 0.15) is 43.4 Å². The molecule has 0 amide bonds. The molecular formula is C21H28N2O. The fourth-order valence-electron chi connectivity index (χ4n) is 3.60. The SMILES string of the molecule is Cc1ccccc1Oc1ccc(C(CN)N2CCCCC2C)cc1. The average Bonchev–Trinajstić information content (AvgIpc) is 2.61. The van der Waals surface area contributed by atoms with Crippen LogP contribution in [0.4, 0.5) is 0 Å². The van der Waals surface area contributed by atoms with Crippen molar-refractivity contribution in [3.8, 4) is 11.5 Å². The molecule has 1 heterocycles. The van der Waals surface area contributed by atoms with Crippen molar-refractivity contribution in [2.75, 3.05) is 13.1 Å². The monoisotopic (exact) mass is 324 g/mol. The second kappa shape index (κ2) is 7.82. The molecule has 24 heavy (non-hydrogen) atoms. The summed E-state index contributed by atoms with van der Waals surface area (Å²) in [5, 5.41) is 0. The van der Waals surface area contributed by atoms with Crippen molar-refractivity contribution in [3.63, 3.8) is 0 Å². The Morgan fingerprint density at radius 1 is 1.12 bits per heavy atom. The minimum atomic E-state index is 0.299. The van der Waals surface area contributed by atoms with Gasteiger partial charge in [-0.3, -0.25) is 4.90 Å². The molecule has 3 heteroatoms. The summed E-state index contributed by atoms with van der Waals surface area (Å²) in [5.41, 5.74) is 8.53. The third-order valence-corrected chi connectivity index (χ3v) is 5.06. The first kappa shape index (κ1) is 17.0. The Hall–Kier alpha value is -1.84. The molecule has 0 radical (unpaired) electrons. The fraction of sp³-hybridized carbons (Fsp3) is 0.429. The molecule has 2 aromatic rings. The Bertz CT molecular complexity index is 653. The summed E-state index contributed by atoms with van der Waals surface area (Å²) in [7, 11) is 0. The number of piperidine rings is 1. The predicted octanol–water partition coefficient (Wildman–Crippen LogP) is 4.66. The van der Waals surface area contributed by atoms with Crippen molar-refractivity contribution in [1.82, 2.24) is 4.90 Å². The molecule has 3 rings (SSSR count). The largest absolute Gasteiger partial charge is 0.457 e. The minimum absolute atomic E-state index is 0.299. The van der Waals surface area contributed by atoms with E-state index in [-0.39, 0.29) is 0 Å². The van der Waals surface area contributed by atoms with Gasteiger partial charge in [-0.2, -0.15) is 0 Å². The zero-order valence-corrected chi connectivity index (χ0v) is 14.7. The van der Waals surface area contributed by atoms with E-state index in [0.29, 0.717) is 18.6 Å². The summed E-state index contributed by atoms with van der Waals surface area (Å²) < 4.78 is 6.00. The molecule has 2 N–H and O–H groups in total. The number of hydrogen-bond acceptors (Lipinski definition) is 3. The van der Waals surface area contributed by atoms with E-state index in [0.717, 1.165) is 23.6 Å². The maximum absolute atomic E-state index is 6.11. The number of rotatable bonds is 5. The lowest BCUT2D eigenvalue weighted by Gasteiger charge is -2.39. The van der Waals surface area contributed by atoms with Gasteiger partial charge in [-0.1, -0.05) is 36.8 Å². The third-order valence-electron chi connectivity index (χ3n) is 5.06. The Balaban J connectivity index is 1.74. The highest BCUT2D eigenvalue weighted by Gasteiger charge is 2.26. The molecule has 0 saturated carbocycles. The smallest absolute Gasteiger partial charge is 0.130 e. The molecule has 0 spiro atoms. The zero-order chi connectivity index (χ0) is 16.9. The summed E-state index contributed by atoms with van der Waals surface area (Å²) >= 11 is 0. The highest BCUT2D eigenvalue weighted by molar-refractivity contribution is 5.38. The summed E-state index contributed by atoms with van der Waals surface area (Å²) in [6.07, 6.45) is 3.87. The molecule has 1 saturated heterocycles. The Morgan fingerprint density at radius 2 is 1.88 bits per heavy atom. The second-order valence-corrected chi connectivity index (χ2v) is 6.77. The van der Waals surface area contributed by atoms with Crippen LogP contribution >= 0.6 is 0 Å². The van der Waals surface area contributed by atoms with E-state index >= 15 is 0 Å². The lowest BCUT2D eigenvalue weighted by molar-refractivity contribution is 0.109. The van der Waals surface area contributed by atoms with Gasteiger partial charge in [0.15, 0.2) is 0 Å². The molecule has 2 atom stereocenters. The van der Waals surface area contributed by atoms with Gasteiger partial charge in [0.1, 0.15) is 11.5 Å². The van der Waals surface area contributed by atoms with E-state index in [4.69, 9.17) is 10.5 Å². The first-order valence-corrected chi connectivity index (χ1v) is 8.98. The summed E-state index contributed by atoms with van der Waals surface area (Å²) in [4.78, 5) is 2.56. The molecule has 0 bridgehead atoms. The number of benzene rings is 2. The van der Waals surface area contributed by atoms with Crippen LogP contribution in [-0.4, -0.2) is 24.0 Å². The van der Waals surface area contributed by atoms with Crippen LogP contribution in [-0.2, 0) is 0 Å². The van der Waals surface area contributed by atoms with Gasteiger partial charge >= 0.3 is 0 Å². The van der Waals surface area contributed by atoms with Crippen molar-refractivity contribution < 1.29 is 4.74 Å². The molecule has 2 unspecified atom stereocenters. The lowest BCUT2D eigenvalue weighted by atomic mass is 9.97. The number of hydrogen-bond donors (Lipinski definition) is 1. The Morgan fingerprint density at radius 3 is 2.54 bits per heavy atom. The van der Waals surface area contributed by atoms with Gasteiger partial charge in [0.2, 0.25) is 0 Å². The van der Waals surface area contributed by atoms with Crippen LogP contribution in [0.25, 0.3) is 0 Å². The Labute approximate surface area is 145 Å². The second-order valence-electron chi connectivity index (χ2n) is 6.77. The molecule has 1 fully saturated rings. The van der Waals surface area contributed by atoms with Crippen LogP contribution in [0.15, 0.2) is 48.5 Å². The van der Waals surface area contributed by atoms with Gasteiger partial charge in [0.25, 0.3) is 0 Å². The Kier molecular flexibility index (Phi) is 5.54. The number of nitrogens with two attached hydrogens (primary N) is 1.